The van der Waals surface area contributed by atoms with E-state index in [0.29, 0.717) is 6.61 Å². The minimum absolute atomic E-state index is 0.527. The number of hydrogen-bond acceptors (Lipinski definition) is 3. The van der Waals surface area contributed by atoms with E-state index in [1.807, 2.05) is 18.2 Å². The fourth-order valence-corrected chi connectivity index (χ4v) is 2.18. The minimum atomic E-state index is -0.527. The molecule has 0 aromatic heterocycles. The number of hydrogen-bond donors (Lipinski definition) is 1. The Hall–Kier alpha value is -1.22. The van der Waals surface area contributed by atoms with Crippen molar-refractivity contribution in [3.05, 3.63) is 23.8 Å². The Labute approximate surface area is 122 Å². The van der Waals surface area contributed by atoms with Gasteiger partial charge in [-0.1, -0.05) is 39.0 Å². The van der Waals surface area contributed by atoms with Gasteiger partial charge in [0.25, 0.3) is 0 Å². The van der Waals surface area contributed by atoms with Crippen LogP contribution in [-0.2, 0) is 0 Å². The minimum Gasteiger partial charge on any atom is -0.497 e. The molecule has 0 aliphatic rings. The maximum absolute atomic E-state index is 9.75. The number of aliphatic hydroxyl groups is 1. The Morgan fingerprint density at radius 1 is 1.10 bits per heavy atom. The van der Waals surface area contributed by atoms with Crippen LogP contribution in [0.3, 0.4) is 0 Å². The van der Waals surface area contributed by atoms with Gasteiger partial charge >= 0.3 is 0 Å². The lowest BCUT2D eigenvalue weighted by molar-refractivity contribution is 0.190. The smallest absolute Gasteiger partial charge is 0.128 e. The van der Waals surface area contributed by atoms with E-state index in [1.165, 1.54) is 32.1 Å². The van der Waals surface area contributed by atoms with E-state index in [2.05, 4.69) is 6.92 Å². The van der Waals surface area contributed by atoms with E-state index in [0.717, 1.165) is 23.5 Å². The van der Waals surface area contributed by atoms with Gasteiger partial charge in [0.15, 0.2) is 0 Å². The molecule has 0 unspecified atom stereocenters. The van der Waals surface area contributed by atoms with Gasteiger partial charge in [-0.3, -0.25) is 0 Å². The van der Waals surface area contributed by atoms with Crippen molar-refractivity contribution in [1.82, 2.24) is 0 Å². The summed E-state index contributed by atoms with van der Waals surface area (Å²) in [7, 11) is 1.63. The van der Waals surface area contributed by atoms with Gasteiger partial charge in [-0.2, -0.15) is 0 Å². The van der Waals surface area contributed by atoms with Crippen LogP contribution >= 0.6 is 0 Å². The van der Waals surface area contributed by atoms with Gasteiger partial charge < -0.3 is 14.6 Å². The maximum Gasteiger partial charge on any atom is 0.128 e. The van der Waals surface area contributed by atoms with Crippen molar-refractivity contribution in [3.63, 3.8) is 0 Å². The highest BCUT2D eigenvalue weighted by Gasteiger charge is 2.10. The topological polar surface area (TPSA) is 38.7 Å². The Balaban J connectivity index is 2.41. The highest BCUT2D eigenvalue weighted by molar-refractivity contribution is 5.41. The molecule has 1 aromatic carbocycles. The lowest BCUT2D eigenvalue weighted by Crippen LogP contribution is -2.03. The van der Waals surface area contributed by atoms with Crippen LogP contribution in [0.2, 0.25) is 0 Å². The molecule has 1 N–H and O–H groups in total. The fraction of sp³-hybridized carbons (Fsp3) is 0.647. The quantitative estimate of drug-likeness (QED) is 0.642. The largest absolute Gasteiger partial charge is 0.497 e. The lowest BCUT2D eigenvalue weighted by Gasteiger charge is -2.14. The number of unbranched alkanes of at least 4 members (excludes halogenated alkanes) is 5. The van der Waals surface area contributed by atoms with Crippen molar-refractivity contribution in [2.75, 3.05) is 13.7 Å². The molecular formula is C17H28O3. The Morgan fingerprint density at radius 2 is 1.80 bits per heavy atom. The molecule has 114 valence electrons. The van der Waals surface area contributed by atoms with E-state index >= 15 is 0 Å². The molecule has 0 heterocycles. The monoisotopic (exact) mass is 280 g/mol. The molecule has 0 spiro atoms. The molecule has 3 heteroatoms. The van der Waals surface area contributed by atoms with E-state index in [9.17, 15) is 5.11 Å². The molecule has 0 amide bonds. The van der Waals surface area contributed by atoms with Crippen LogP contribution in [0.15, 0.2) is 18.2 Å². The Bertz CT molecular complexity index is 374. The summed E-state index contributed by atoms with van der Waals surface area (Å²) in [6.07, 6.45) is 6.92. The summed E-state index contributed by atoms with van der Waals surface area (Å²) in [6.45, 7) is 4.67. The number of ether oxygens (including phenoxy) is 2. The van der Waals surface area contributed by atoms with E-state index < -0.39 is 6.10 Å². The first-order valence-corrected chi connectivity index (χ1v) is 7.67. The van der Waals surface area contributed by atoms with Crippen LogP contribution in [0.4, 0.5) is 0 Å². The normalized spacial score (nSPS) is 12.2. The third-order valence-electron chi connectivity index (χ3n) is 3.43. The van der Waals surface area contributed by atoms with Crippen LogP contribution in [0.1, 0.15) is 64.0 Å². The zero-order chi connectivity index (χ0) is 14.8. The van der Waals surface area contributed by atoms with Crippen molar-refractivity contribution in [3.8, 4) is 11.5 Å². The summed E-state index contributed by atoms with van der Waals surface area (Å²) in [5.74, 6) is 1.49. The Kier molecular flexibility index (Phi) is 8.12. The van der Waals surface area contributed by atoms with Crippen LogP contribution < -0.4 is 9.47 Å². The third kappa shape index (κ3) is 5.83. The molecule has 0 aliphatic heterocycles. The average molecular weight is 280 g/mol. The van der Waals surface area contributed by atoms with Crippen LogP contribution in [-0.4, -0.2) is 18.8 Å². The summed E-state index contributed by atoms with van der Waals surface area (Å²) >= 11 is 0. The van der Waals surface area contributed by atoms with Gasteiger partial charge in [0.1, 0.15) is 11.5 Å². The van der Waals surface area contributed by atoms with Crippen LogP contribution in [0.25, 0.3) is 0 Å². The van der Waals surface area contributed by atoms with Gasteiger partial charge in [-0.25, -0.2) is 0 Å². The standard InChI is InChI=1S/C17H28O3/c1-4-5-6-7-8-9-12-20-17-13-15(19-3)10-11-16(17)14(2)18/h10-11,13-14,18H,4-9,12H2,1-3H3/t14-/m0/s1. The third-order valence-corrected chi connectivity index (χ3v) is 3.43. The zero-order valence-electron chi connectivity index (χ0n) is 13.0. The molecule has 1 rings (SSSR count). The van der Waals surface area contributed by atoms with Gasteiger partial charge in [-0.05, 0) is 25.5 Å². The lowest BCUT2D eigenvalue weighted by atomic mass is 10.1. The second-order valence-electron chi connectivity index (χ2n) is 5.20. The molecule has 0 saturated carbocycles. The first kappa shape index (κ1) is 16.8. The second-order valence-corrected chi connectivity index (χ2v) is 5.20. The molecule has 0 radical (unpaired) electrons. The van der Waals surface area contributed by atoms with Crippen molar-refractivity contribution in [2.45, 2.75) is 58.5 Å². The summed E-state index contributed by atoms with van der Waals surface area (Å²) in [4.78, 5) is 0. The second kappa shape index (κ2) is 9.65. The SMILES string of the molecule is CCCCCCCCOc1cc(OC)ccc1[C@H](C)O. The molecular weight excluding hydrogens is 252 g/mol. The van der Waals surface area contributed by atoms with E-state index in [-0.39, 0.29) is 0 Å². The number of benzene rings is 1. The molecule has 1 atom stereocenters. The molecule has 0 bridgehead atoms. The summed E-state index contributed by atoms with van der Waals surface area (Å²) in [5.41, 5.74) is 0.816. The van der Waals surface area contributed by atoms with Gasteiger partial charge in [0, 0.05) is 11.6 Å². The van der Waals surface area contributed by atoms with Gasteiger partial charge in [0.2, 0.25) is 0 Å². The maximum atomic E-state index is 9.75. The number of aliphatic hydroxyl groups excluding tert-OH is 1. The summed E-state index contributed by atoms with van der Waals surface area (Å²) in [6, 6.07) is 5.55. The average Bonchev–Trinajstić information content (AvgIpc) is 2.45. The zero-order valence-corrected chi connectivity index (χ0v) is 13.0. The highest BCUT2D eigenvalue weighted by Crippen LogP contribution is 2.29. The number of rotatable bonds is 10. The molecule has 3 nitrogen and oxygen atoms in total. The summed E-state index contributed by atoms with van der Waals surface area (Å²) in [5, 5.41) is 9.75. The molecule has 0 saturated heterocycles. The van der Waals surface area contributed by atoms with Crippen LogP contribution in [0.5, 0.6) is 11.5 Å². The van der Waals surface area contributed by atoms with Crippen molar-refractivity contribution in [2.24, 2.45) is 0 Å². The molecule has 1 aromatic rings. The van der Waals surface area contributed by atoms with Crippen molar-refractivity contribution in [1.29, 1.82) is 0 Å². The van der Waals surface area contributed by atoms with E-state index in [4.69, 9.17) is 9.47 Å². The molecule has 0 aliphatic carbocycles. The summed E-state index contributed by atoms with van der Waals surface area (Å²) < 4.78 is 11.0. The highest BCUT2D eigenvalue weighted by atomic mass is 16.5. The number of methoxy groups -OCH3 is 1. The predicted molar refractivity (Wildman–Crippen MR) is 82.5 cm³/mol. The van der Waals surface area contributed by atoms with E-state index in [1.54, 1.807) is 14.0 Å². The predicted octanol–water partition coefficient (Wildman–Crippen LogP) is 4.49. The molecule has 20 heavy (non-hydrogen) atoms. The first-order chi connectivity index (χ1) is 9.69. The van der Waals surface area contributed by atoms with Gasteiger partial charge in [-0.15, -0.1) is 0 Å². The van der Waals surface area contributed by atoms with Crippen molar-refractivity contribution < 1.29 is 14.6 Å². The van der Waals surface area contributed by atoms with Gasteiger partial charge in [0.05, 0.1) is 19.8 Å². The Morgan fingerprint density at radius 3 is 2.45 bits per heavy atom. The fourth-order valence-electron chi connectivity index (χ4n) is 2.18. The van der Waals surface area contributed by atoms with Crippen LogP contribution in [0, 0.1) is 0 Å². The molecule has 0 fully saturated rings. The first-order valence-electron chi connectivity index (χ1n) is 7.67. The van der Waals surface area contributed by atoms with Crippen molar-refractivity contribution >= 4 is 0 Å².